The average molecular weight is 652 g/mol. The Labute approximate surface area is 269 Å². The van der Waals surface area contributed by atoms with Gasteiger partial charge in [-0.2, -0.15) is 13.2 Å². The SMILES string of the molecule is CCC(Oc1ccc(C)cc1)C(=O)Nc1cccc(-c2c(-c3ccccc3)[nH]c3c(C(=O)OC(C)(C)C)c(C(F)(F)F)c(Cl)n23)c1. The minimum absolute atomic E-state index is 0.174. The Kier molecular flexibility index (Phi) is 8.95. The monoisotopic (exact) mass is 651 g/mol. The van der Waals surface area contributed by atoms with Crippen molar-refractivity contribution in [2.24, 2.45) is 0 Å². The van der Waals surface area contributed by atoms with E-state index in [9.17, 15) is 22.8 Å². The van der Waals surface area contributed by atoms with Crippen LogP contribution in [0.4, 0.5) is 18.9 Å². The van der Waals surface area contributed by atoms with Gasteiger partial charge in [0.05, 0.1) is 11.4 Å². The third-order valence-corrected chi connectivity index (χ3v) is 7.49. The molecule has 2 heterocycles. The molecule has 0 bridgehead atoms. The van der Waals surface area contributed by atoms with Crippen LogP contribution in [-0.4, -0.2) is 33.0 Å². The number of halogens is 4. The number of ether oxygens (including phenoxy) is 2. The highest BCUT2D eigenvalue weighted by atomic mass is 35.5. The number of H-pyrrole nitrogens is 1. The third kappa shape index (κ3) is 6.77. The van der Waals surface area contributed by atoms with Crippen LogP contribution < -0.4 is 10.1 Å². The molecule has 0 saturated carbocycles. The standard InChI is InChI=1S/C35H33ClF3N3O4/c1-6-25(45-24-17-15-20(2)16-18-24)32(43)40-23-14-10-13-22(19-23)29-28(21-11-8-7-9-12-21)41-31-26(33(44)46-34(3,4)5)27(35(37,38)39)30(36)42(29)31/h7-19,25,41H,6H2,1-5H3,(H,40,43). The Balaban J connectivity index is 1.63. The number of aryl methyl sites for hydroxylation is 1. The van der Waals surface area contributed by atoms with Crippen LogP contribution in [0.15, 0.2) is 78.9 Å². The number of nitrogens with one attached hydrogen (secondary N) is 2. The molecule has 0 radical (unpaired) electrons. The first-order valence-corrected chi connectivity index (χ1v) is 15.0. The van der Waals surface area contributed by atoms with Crippen molar-refractivity contribution in [2.75, 3.05) is 5.32 Å². The lowest BCUT2D eigenvalue weighted by molar-refractivity contribution is -0.138. The summed E-state index contributed by atoms with van der Waals surface area (Å²) in [5, 5.41) is 2.16. The van der Waals surface area contributed by atoms with E-state index in [1.807, 2.05) is 26.0 Å². The van der Waals surface area contributed by atoms with Gasteiger partial charge >= 0.3 is 12.1 Å². The summed E-state index contributed by atoms with van der Waals surface area (Å²) >= 11 is 6.52. The third-order valence-electron chi connectivity index (χ3n) is 7.13. The van der Waals surface area contributed by atoms with Crippen molar-refractivity contribution < 1.29 is 32.2 Å². The van der Waals surface area contributed by atoms with Gasteiger partial charge in [-0.3, -0.25) is 9.20 Å². The van der Waals surface area contributed by atoms with E-state index in [4.69, 9.17) is 21.1 Å². The maximum atomic E-state index is 14.5. The molecule has 0 aliphatic heterocycles. The molecule has 1 amide bonds. The number of esters is 1. The van der Waals surface area contributed by atoms with E-state index in [0.717, 1.165) is 5.56 Å². The smallest absolute Gasteiger partial charge is 0.420 e. The number of hydrogen-bond donors (Lipinski definition) is 2. The summed E-state index contributed by atoms with van der Waals surface area (Å²) in [7, 11) is 0. The number of aromatic amines is 1. The fraction of sp³-hybridized carbons (Fsp3) is 0.257. The number of aromatic nitrogens is 2. The van der Waals surface area contributed by atoms with Gasteiger partial charge < -0.3 is 19.8 Å². The molecule has 0 aliphatic carbocycles. The lowest BCUT2D eigenvalue weighted by atomic mass is 10.0. The molecule has 3 aromatic carbocycles. The number of hydrogen-bond acceptors (Lipinski definition) is 4. The first-order chi connectivity index (χ1) is 21.7. The van der Waals surface area contributed by atoms with Gasteiger partial charge in [-0.25, -0.2) is 4.79 Å². The molecular weight excluding hydrogens is 619 g/mol. The number of fused-ring (bicyclic) bond motifs is 1. The van der Waals surface area contributed by atoms with E-state index in [1.165, 1.54) is 4.40 Å². The number of rotatable bonds is 8. The molecule has 240 valence electrons. The van der Waals surface area contributed by atoms with Crippen LogP contribution in [0.25, 0.3) is 28.2 Å². The second kappa shape index (κ2) is 12.6. The molecule has 0 spiro atoms. The van der Waals surface area contributed by atoms with Crippen molar-refractivity contribution in [1.29, 1.82) is 0 Å². The molecular formula is C35H33ClF3N3O4. The average Bonchev–Trinajstić information content (AvgIpc) is 3.51. The van der Waals surface area contributed by atoms with Crippen molar-refractivity contribution in [3.63, 3.8) is 0 Å². The number of carbonyl (C=O) groups is 2. The Morgan fingerprint density at radius 3 is 2.22 bits per heavy atom. The first-order valence-electron chi connectivity index (χ1n) is 14.6. The van der Waals surface area contributed by atoms with E-state index in [-0.39, 0.29) is 11.3 Å². The van der Waals surface area contributed by atoms with Crippen molar-refractivity contribution >= 4 is 34.8 Å². The molecule has 1 unspecified atom stereocenters. The zero-order chi connectivity index (χ0) is 33.4. The van der Waals surface area contributed by atoms with Gasteiger partial charge in [0.15, 0.2) is 6.10 Å². The van der Waals surface area contributed by atoms with Crippen LogP contribution in [0.5, 0.6) is 5.75 Å². The summed E-state index contributed by atoms with van der Waals surface area (Å²) in [6.45, 7) is 8.48. The van der Waals surface area contributed by atoms with Gasteiger partial charge in [-0.05, 0) is 58.4 Å². The second-order valence-corrected chi connectivity index (χ2v) is 12.2. The van der Waals surface area contributed by atoms with Gasteiger partial charge in [0.25, 0.3) is 5.91 Å². The number of nitrogens with zero attached hydrogens (tertiary/aromatic N) is 1. The van der Waals surface area contributed by atoms with Crippen LogP contribution in [-0.2, 0) is 15.7 Å². The van der Waals surface area contributed by atoms with Crippen molar-refractivity contribution in [2.45, 2.75) is 58.9 Å². The maximum absolute atomic E-state index is 14.5. The lowest BCUT2D eigenvalue weighted by Crippen LogP contribution is -2.32. The van der Waals surface area contributed by atoms with E-state index >= 15 is 0 Å². The van der Waals surface area contributed by atoms with Crippen LogP contribution in [0.2, 0.25) is 5.15 Å². The van der Waals surface area contributed by atoms with Crippen molar-refractivity contribution in [1.82, 2.24) is 9.38 Å². The normalized spacial score (nSPS) is 12.6. The molecule has 46 heavy (non-hydrogen) atoms. The van der Waals surface area contributed by atoms with Gasteiger partial charge in [-0.15, -0.1) is 0 Å². The summed E-state index contributed by atoms with van der Waals surface area (Å²) in [5.41, 5.74) is -0.105. The molecule has 2 N–H and O–H groups in total. The summed E-state index contributed by atoms with van der Waals surface area (Å²) in [5.74, 6) is -1.02. The van der Waals surface area contributed by atoms with E-state index < -0.39 is 46.0 Å². The molecule has 0 aliphatic rings. The first kappa shape index (κ1) is 32.7. The molecule has 1 atom stereocenters. The lowest BCUT2D eigenvalue weighted by Gasteiger charge is -2.20. The molecule has 5 aromatic rings. The Bertz CT molecular complexity index is 1890. The fourth-order valence-electron chi connectivity index (χ4n) is 5.11. The summed E-state index contributed by atoms with van der Waals surface area (Å²) in [6.07, 6.45) is -5.37. The van der Waals surface area contributed by atoms with Crippen molar-refractivity contribution in [3.8, 4) is 28.3 Å². The minimum Gasteiger partial charge on any atom is -0.481 e. The minimum atomic E-state index is -4.97. The van der Waals surface area contributed by atoms with Gasteiger partial charge in [0, 0.05) is 16.8 Å². The predicted octanol–water partition coefficient (Wildman–Crippen LogP) is 9.33. The quantitative estimate of drug-likeness (QED) is 0.164. The molecule has 0 fully saturated rings. The van der Waals surface area contributed by atoms with Gasteiger partial charge in [-0.1, -0.05) is 78.7 Å². The molecule has 5 rings (SSSR count). The molecule has 11 heteroatoms. The number of alkyl halides is 3. The highest BCUT2D eigenvalue weighted by Gasteiger charge is 2.44. The van der Waals surface area contributed by atoms with Crippen molar-refractivity contribution in [3.05, 3.63) is 101 Å². The van der Waals surface area contributed by atoms with Crippen LogP contribution >= 0.6 is 11.6 Å². The molecule has 7 nitrogen and oxygen atoms in total. The summed E-state index contributed by atoms with van der Waals surface area (Å²) in [4.78, 5) is 29.6. The van der Waals surface area contributed by atoms with Crippen LogP contribution in [0.3, 0.4) is 0 Å². The zero-order valence-corrected chi connectivity index (χ0v) is 26.6. The van der Waals surface area contributed by atoms with E-state index in [2.05, 4.69) is 10.3 Å². The van der Waals surface area contributed by atoms with Crippen LogP contribution in [0, 0.1) is 6.92 Å². The Hall–Kier alpha value is -4.70. The zero-order valence-electron chi connectivity index (χ0n) is 25.9. The summed E-state index contributed by atoms with van der Waals surface area (Å²) in [6, 6.07) is 22.9. The van der Waals surface area contributed by atoms with E-state index in [0.29, 0.717) is 34.7 Å². The van der Waals surface area contributed by atoms with Gasteiger partial charge in [0.2, 0.25) is 0 Å². The molecule has 0 saturated heterocycles. The fourth-order valence-corrected chi connectivity index (χ4v) is 5.48. The highest BCUT2D eigenvalue weighted by Crippen LogP contribution is 2.45. The number of imidazole rings is 1. The number of benzene rings is 3. The maximum Gasteiger partial charge on any atom is 0.420 e. The number of carbonyl (C=O) groups excluding carboxylic acids is 2. The topological polar surface area (TPSA) is 84.8 Å². The largest absolute Gasteiger partial charge is 0.481 e. The predicted molar refractivity (Wildman–Crippen MR) is 172 cm³/mol. The highest BCUT2D eigenvalue weighted by molar-refractivity contribution is 6.32. The Morgan fingerprint density at radius 1 is 0.957 bits per heavy atom. The summed E-state index contributed by atoms with van der Waals surface area (Å²) < 4.78 is 56.0. The van der Waals surface area contributed by atoms with E-state index in [1.54, 1.807) is 87.5 Å². The molecule has 2 aromatic heterocycles. The Morgan fingerprint density at radius 2 is 1.61 bits per heavy atom. The van der Waals surface area contributed by atoms with Crippen LogP contribution in [0.1, 0.15) is 55.6 Å². The number of amides is 1. The van der Waals surface area contributed by atoms with Gasteiger partial charge in [0.1, 0.15) is 33.3 Å². The number of anilines is 1. The second-order valence-electron chi connectivity index (χ2n) is 11.8.